The molecular formula is C23H26N4O3S. The van der Waals surface area contributed by atoms with E-state index in [4.69, 9.17) is 9.15 Å². The molecule has 7 nitrogen and oxygen atoms in total. The van der Waals surface area contributed by atoms with Crippen LogP contribution >= 0.6 is 11.8 Å². The standard InChI is InChI=1S/C23H26N4O3S/c1-12(2)11-31-23-24-21-19(25-26-23)17-10-13(3)9-14(4)20(17)27(16(6)28)22(30-21)18-8-7-15(5)29-18/h7-10,12,22H,11H2,1-6H3/t22-/m1/s1. The van der Waals surface area contributed by atoms with E-state index in [2.05, 4.69) is 29.0 Å². The van der Waals surface area contributed by atoms with Gasteiger partial charge in [0, 0.05) is 18.2 Å². The highest BCUT2D eigenvalue weighted by molar-refractivity contribution is 7.99. The Hall–Kier alpha value is -2.87. The van der Waals surface area contributed by atoms with Crippen molar-refractivity contribution < 1.29 is 13.9 Å². The number of fused-ring (bicyclic) bond motifs is 3. The van der Waals surface area contributed by atoms with Crippen LogP contribution in [0.2, 0.25) is 0 Å². The van der Waals surface area contributed by atoms with Gasteiger partial charge in [-0.15, -0.1) is 10.2 Å². The molecule has 162 valence electrons. The third kappa shape index (κ3) is 4.17. The molecule has 2 aromatic heterocycles. The second-order valence-corrected chi connectivity index (χ2v) is 9.23. The molecule has 3 heterocycles. The van der Waals surface area contributed by atoms with Crippen LogP contribution in [0, 0.1) is 26.7 Å². The highest BCUT2D eigenvalue weighted by Crippen LogP contribution is 2.45. The average Bonchev–Trinajstić information content (AvgIpc) is 3.06. The van der Waals surface area contributed by atoms with Crippen LogP contribution in [0.3, 0.4) is 0 Å². The maximum atomic E-state index is 12.9. The molecule has 8 heteroatoms. The predicted octanol–water partition coefficient (Wildman–Crippen LogP) is 5.25. The first-order chi connectivity index (χ1) is 14.7. The van der Waals surface area contributed by atoms with Crippen LogP contribution in [0.4, 0.5) is 5.69 Å². The molecule has 0 saturated carbocycles. The highest BCUT2D eigenvalue weighted by atomic mass is 32.2. The summed E-state index contributed by atoms with van der Waals surface area (Å²) in [5.74, 6) is 2.81. The van der Waals surface area contributed by atoms with Gasteiger partial charge in [-0.2, -0.15) is 4.98 Å². The lowest BCUT2D eigenvalue weighted by Crippen LogP contribution is -2.36. The summed E-state index contributed by atoms with van der Waals surface area (Å²) < 4.78 is 12.2. The Morgan fingerprint density at radius 3 is 2.61 bits per heavy atom. The molecule has 0 spiro atoms. The number of aromatic nitrogens is 3. The minimum atomic E-state index is -0.799. The number of aryl methyl sites for hydroxylation is 3. The first-order valence-electron chi connectivity index (χ1n) is 10.3. The zero-order chi connectivity index (χ0) is 22.3. The number of rotatable bonds is 4. The lowest BCUT2D eigenvalue weighted by atomic mass is 10.0. The summed E-state index contributed by atoms with van der Waals surface area (Å²) in [6, 6.07) is 7.71. The second-order valence-electron chi connectivity index (χ2n) is 8.24. The number of carbonyl (C=O) groups is 1. The van der Waals surface area contributed by atoms with Gasteiger partial charge in [0.2, 0.25) is 23.2 Å². The van der Waals surface area contributed by atoms with Crippen molar-refractivity contribution in [3.05, 3.63) is 46.9 Å². The number of hydrogen-bond donors (Lipinski definition) is 0. The van der Waals surface area contributed by atoms with Gasteiger partial charge < -0.3 is 9.15 Å². The molecule has 0 unspecified atom stereocenters. The van der Waals surface area contributed by atoms with Gasteiger partial charge in [-0.1, -0.05) is 37.2 Å². The maximum absolute atomic E-state index is 12.9. The molecule has 1 atom stereocenters. The Bertz CT molecular complexity index is 1140. The molecular weight excluding hydrogens is 412 g/mol. The van der Waals surface area contributed by atoms with E-state index in [1.165, 1.54) is 18.7 Å². The van der Waals surface area contributed by atoms with E-state index in [1.807, 2.05) is 45.0 Å². The van der Waals surface area contributed by atoms with Crippen LogP contribution in [0.5, 0.6) is 5.88 Å². The molecule has 0 N–H and O–H groups in total. The number of nitrogens with zero attached hydrogens (tertiary/aromatic N) is 4. The lowest BCUT2D eigenvalue weighted by Gasteiger charge is -2.29. The molecule has 0 bridgehead atoms. The van der Waals surface area contributed by atoms with Crippen molar-refractivity contribution in [1.82, 2.24) is 15.2 Å². The SMILES string of the molecule is CC(=O)N1c2c(C)cc(C)cc2-c2nnc(SCC(C)C)nc2O[C@@H]1c1ccc(C)o1. The maximum Gasteiger partial charge on any atom is 0.247 e. The van der Waals surface area contributed by atoms with Gasteiger partial charge in [-0.25, -0.2) is 0 Å². The lowest BCUT2D eigenvalue weighted by molar-refractivity contribution is -0.118. The fourth-order valence-electron chi connectivity index (χ4n) is 3.68. The highest BCUT2D eigenvalue weighted by Gasteiger charge is 2.37. The molecule has 1 aliphatic rings. The summed E-state index contributed by atoms with van der Waals surface area (Å²) in [7, 11) is 0. The van der Waals surface area contributed by atoms with Crippen LogP contribution in [-0.2, 0) is 4.79 Å². The van der Waals surface area contributed by atoms with Crippen LogP contribution in [-0.4, -0.2) is 26.8 Å². The second kappa shape index (κ2) is 8.34. The van der Waals surface area contributed by atoms with E-state index in [0.717, 1.165) is 33.9 Å². The third-order valence-electron chi connectivity index (χ3n) is 4.92. The molecule has 0 saturated heterocycles. The van der Waals surface area contributed by atoms with Gasteiger partial charge in [-0.05, 0) is 50.5 Å². The third-order valence-corrected chi connectivity index (χ3v) is 6.19. The summed E-state index contributed by atoms with van der Waals surface area (Å²) in [6.45, 7) is 11.7. The van der Waals surface area contributed by atoms with Gasteiger partial charge >= 0.3 is 0 Å². The monoisotopic (exact) mass is 438 g/mol. The summed E-state index contributed by atoms with van der Waals surface area (Å²) in [4.78, 5) is 19.2. The van der Waals surface area contributed by atoms with Gasteiger partial charge in [0.05, 0.1) is 5.69 Å². The predicted molar refractivity (Wildman–Crippen MR) is 120 cm³/mol. The van der Waals surface area contributed by atoms with Crippen LogP contribution in [0.1, 0.15) is 49.6 Å². The van der Waals surface area contributed by atoms with E-state index >= 15 is 0 Å². The number of hydrogen-bond acceptors (Lipinski definition) is 7. The first-order valence-corrected chi connectivity index (χ1v) is 11.2. The Morgan fingerprint density at radius 2 is 1.97 bits per heavy atom. The van der Waals surface area contributed by atoms with Crippen LogP contribution in [0.25, 0.3) is 11.3 Å². The molecule has 3 aromatic rings. The molecule has 4 rings (SSSR count). The van der Waals surface area contributed by atoms with Crippen LogP contribution in [0.15, 0.2) is 33.8 Å². The van der Waals surface area contributed by atoms with Crippen molar-refractivity contribution in [3.63, 3.8) is 0 Å². The quantitative estimate of drug-likeness (QED) is 0.515. The van der Waals surface area contributed by atoms with E-state index in [-0.39, 0.29) is 5.91 Å². The summed E-state index contributed by atoms with van der Waals surface area (Å²) in [6.07, 6.45) is -0.799. The Kier molecular flexibility index (Phi) is 5.75. The van der Waals surface area contributed by atoms with Crippen LogP contribution < -0.4 is 9.64 Å². The summed E-state index contributed by atoms with van der Waals surface area (Å²) in [5, 5.41) is 9.36. The zero-order valence-corrected chi connectivity index (χ0v) is 19.4. The fraction of sp³-hybridized carbons (Fsp3) is 0.391. The molecule has 0 radical (unpaired) electrons. The normalized spacial score (nSPS) is 15.3. The molecule has 31 heavy (non-hydrogen) atoms. The van der Waals surface area contributed by atoms with Crippen molar-refractivity contribution in [2.75, 3.05) is 10.7 Å². The Balaban J connectivity index is 1.94. The van der Waals surface area contributed by atoms with Gasteiger partial charge in [0.15, 0.2) is 11.5 Å². The van der Waals surface area contributed by atoms with Gasteiger partial charge in [-0.3, -0.25) is 9.69 Å². The van der Waals surface area contributed by atoms with Gasteiger partial charge in [0.25, 0.3) is 0 Å². The molecule has 1 aromatic carbocycles. The number of carbonyl (C=O) groups excluding carboxylic acids is 1. The van der Waals surface area contributed by atoms with Crippen molar-refractivity contribution >= 4 is 23.4 Å². The van der Waals surface area contributed by atoms with Gasteiger partial charge in [0.1, 0.15) is 5.76 Å². The molecule has 0 fully saturated rings. The largest absolute Gasteiger partial charge is 0.460 e. The average molecular weight is 439 g/mol. The first kappa shape index (κ1) is 21.4. The number of amides is 1. The van der Waals surface area contributed by atoms with Crippen molar-refractivity contribution in [2.45, 2.75) is 52.9 Å². The number of benzene rings is 1. The molecule has 1 amide bonds. The number of thioether (sulfide) groups is 1. The number of ether oxygens (including phenoxy) is 1. The smallest absolute Gasteiger partial charge is 0.247 e. The Morgan fingerprint density at radius 1 is 1.19 bits per heavy atom. The number of anilines is 1. The van der Waals surface area contributed by atoms with E-state index < -0.39 is 6.23 Å². The zero-order valence-electron chi connectivity index (χ0n) is 18.6. The minimum Gasteiger partial charge on any atom is -0.460 e. The van der Waals surface area contributed by atoms with Crippen molar-refractivity contribution in [3.8, 4) is 17.1 Å². The Labute approximate surface area is 186 Å². The van der Waals surface area contributed by atoms with E-state index in [9.17, 15) is 4.79 Å². The van der Waals surface area contributed by atoms with Crippen molar-refractivity contribution in [2.24, 2.45) is 5.92 Å². The summed E-state index contributed by atoms with van der Waals surface area (Å²) in [5.41, 5.74) is 4.02. The topological polar surface area (TPSA) is 81.4 Å². The molecule has 1 aliphatic heterocycles. The van der Waals surface area contributed by atoms with E-state index in [1.54, 1.807) is 4.90 Å². The number of furan rings is 1. The molecule has 0 aliphatic carbocycles. The fourth-order valence-corrected chi connectivity index (χ4v) is 4.41. The minimum absolute atomic E-state index is 0.164. The van der Waals surface area contributed by atoms with Crippen molar-refractivity contribution in [1.29, 1.82) is 0 Å². The van der Waals surface area contributed by atoms with E-state index in [0.29, 0.717) is 28.4 Å². The summed E-state index contributed by atoms with van der Waals surface area (Å²) >= 11 is 1.54.